The number of hydrogen-bond donors (Lipinski definition) is 1. The Morgan fingerprint density at radius 2 is 2.19 bits per heavy atom. The Kier molecular flexibility index (Phi) is 6.45. The van der Waals surface area contributed by atoms with Crippen LogP contribution < -0.4 is 10.1 Å². The van der Waals surface area contributed by atoms with Crippen LogP contribution in [-0.2, 0) is 11.2 Å². The topological polar surface area (TPSA) is 51.2 Å². The van der Waals surface area contributed by atoms with Crippen LogP contribution in [0.25, 0.3) is 10.2 Å². The maximum Gasteiger partial charge on any atom is 0.207 e. The average Bonchev–Trinajstić information content (AvgIpc) is 3.11. The normalized spacial score (nSPS) is 11.5. The van der Waals surface area contributed by atoms with E-state index in [4.69, 9.17) is 9.72 Å². The van der Waals surface area contributed by atoms with Crippen molar-refractivity contribution in [2.24, 2.45) is 0 Å². The molecule has 0 bridgehead atoms. The largest absolute Gasteiger partial charge is 0.497 e. The van der Waals surface area contributed by atoms with Crippen LogP contribution in [0.4, 0.5) is 0 Å². The number of unbranched alkanes of at least 4 members (excludes halogenated alkanes) is 1. The Morgan fingerprint density at radius 3 is 2.96 bits per heavy atom. The van der Waals surface area contributed by atoms with E-state index in [1.807, 2.05) is 30.3 Å². The van der Waals surface area contributed by atoms with Crippen molar-refractivity contribution in [2.45, 2.75) is 32.2 Å². The summed E-state index contributed by atoms with van der Waals surface area (Å²) in [5.41, 5.74) is 3.03. The highest BCUT2D eigenvalue weighted by atomic mass is 32.1. The van der Waals surface area contributed by atoms with E-state index in [2.05, 4.69) is 36.2 Å². The van der Waals surface area contributed by atoms with Crippen LogP contribution in [0.15, 0.2) is 42.5 Å². The number of fused-ring (bicyclic) bond motifs is 1. The van der Waals surface area contributed by atoms with E-state index in [1.165, 1.54) is 0 Å². The predicted molar refractivity (Wildman–Crippen MR) is 110 cm³/mol. The lowest BCUT2D eigenvalue weighted by molar-refractivity contribution is -0.110. The minimum atomic E-state index is -0.176. The van der Waals surface area contributed by atoms with Gasteiger partial charge in [-0.15, -0.1) is 11.3 Å². The standard InChI is InChI=1S/C22H22N2O2S/c1-3-4-5-7-16-8-6-9-17(12-16)13-20(23-15-25)22-24-19-11-10-18(26-2)14-21(19)27-22/h6,8-12,14-15,20H,3-4,13H2,1-2H3,(H,23,25). The second-order valence-corrected chi connectivity index (χ2v) is 7.24. The molecule has 3 rings (SSSR count). The molecule has 0 aliphatic rings. The molecule has 0 radical (unpaired) electrons. The summed E-state index contributed by atoms with van der Waals surface area (Å²) in [4.78, 5) is 15.9. The van der Waals surface area contributed by atoms with Crippen LogP contribution in [0.3, 0.4) is 0 Å². The summed E-state index contributed by atoms with van der Waals surface area (Å²) in [5, 5.41) is 3.79. The first-order valence-corrected chi connectivity index (χ1v) is 9.77. The van der Waals surface area contributed by atoms with Gasteiger partial charge in [-0.2, -0.15) is 0 Å². The second-order valence-electron chi connectivity index (χ2n) is 6.18. The molecule has 0 aliphatic heterocycles. The number of rotatable bonds is 7. The number of benzene rings is 2. The number of carbonyl (C=O) groups excluding carboxylic acids is 1. The Morgan fingerprint density at radius 1 is 1.30 bits per heavy atom. The molecule has 4 nitrogen and oxygen atoms in total. The number of hydrogen-bond acceptors (Lipinski definition) is 4. The molecule has 0 aliphatic carbocycles. The van der Waals surface area contributed by atoms with Crippen molar-refractivity contribution >= 4 is 28.0 Å². The van der Waals surface area contributed by atoms with E-state index < -0.39 is 0 Å². The Bertz CT molecular complexity index is 985. The van der Waals surface area contributed by atoms with Gasteiger partial charge in [0.25, 0.3) is 0 Å². The number of methoxy groups -OCH3 is 1. The minimum absolute atomic E-state index is 0.176. The Balaban J connectivity index is 1.85. The zero-order chi connectivity index (χ0) is 19.1. The van der Waals surface area contributed by atoms with Gasteiger partial charge >= 0.3 is 0 Å². The minimum Gasteiger partial charge on any atom is -0.497 e. The van der Waals surface area contributed by atoms with Crippen molar-refractivity contribution in [3.63, 3.8) is 0 Å². The van der Waals surface area contributed by atoms with Crippen LogP contribution in [0.1, 0.15) is 41.9 Å². The summed E-state index contributed by atoms with van der Waals surface area (Å²) in [5.74, 6) is 7.17. The van der Waals surface area contributed by atoms with Gasteiger partial charge in [0.2, 0.25) is 6.41 Å². The average molecular weight is 378 g/mol. The number of nitrogens with zero attached hydrogens (tertiary/aromatic N) is 1. The lowest BCUT2D eigenvalue weighted by Crippen LogP contribution is -2.21. The highest BCUT2D eigenvalue weighted by molar-refractivity contribution is 7.18. The van der Waals surface area contributed by atoms with Crippen molar-refractivity contribution in [2.75, 3.05) is 7.11 Å². The molecule has 0 fully saturated rings. The zero-order valence-electron chi connectivity index (χ0n) is 15.5. The molecule has 1 amide bonds. The van der Waals surface area contributed by atoms with Gasteiger partial charge in [0, 0.05) is 12.0 Å². The molecule has 138 valence electrons. The van der Waals surface area contributed by atoms with E-state index >= 15 is 0 Å². The maximum absolute atomic E-state index is 11.2. The van der Waals surface area contributed by atoms with E-state index in [1.54, 1.807) is 18.4 Å². The van der Waals surface area contributed by atoms with Crippen molar-refractivity contribution < 1.29 is 9.53 Å². The van der Waals surface area contributed by atoms with Crippen molar-refractivity contribution in [3.05, 3.63) is 58.6 Å². The molecule has 5 heteroatoms. The number of ether oxygens (including phenoxy) is 1. The van der Waals surface area contributed by atoms with Gasteiger partial charge in [-0.05, 0) is 48.7 Å². The fourth-order valence-corrected chi connectivity index (χ4v) is 3.86. The van der Waals surface area contributed by atoms with E-state index in [-0.39, 0.29) is 6.04 Å². The quantitative estimate of drug-likeness (QED) is 0.487. The molecule has 0 saturated carbocycles. The first-order valence-electron chi connectivity index (χ1n) is 8.95. The van der Waals surface area contributed by atoms with Crippen molar-refractivity contribution in [1.82, 2.24) is 10.3 Å². The Labute approximate surface area is 163 Å². The summed E-state index contributed by atoms with van der Waals surface area (Å²) in [6.07, 6.45) is 3.36. The molecule has 2 aromatic carbocycles. The van der Waals surface area contributed by atoms with Gasteiger partial charge in [-0.3, -0.25) is 4.79 Å². The molecular formula is C22H22N2O2S. The van der Waals surface area contributed by atoms with E-state index in [0.717, 1.165) is 51.4 Å². The molecule has 3 aromatic rings. The van der Waals surface area contributed by atoms with Gasteiger partial charge in [-0.25, -0.2) is 4.98 Å². The fourth-order valence-electron chi connectivity index (χ4n) is 2.80. The summed E-state index contributed by atoms with van der Waals surface area (Å²) in [6.45, 7) is 2.12. The SMILES string of the molecule is CCCC#Cc1cccc(CC(NC=O)c2nc3ccc(OC)cc3s2)c1. The highest BCUT2D eigenvalue weighted by Crippen LogP contribution is 2.30. The van der Waals surface area contributed by atoms with Crippen molar-refractivity contribution in [3.8, 4) is 17.6 Å². The molecule has 1 unspecified atom stereocenters. The molecular weight excluding hydrogens is 356 g/mol. The van der Waals surface area contributed by atoms with Crippen LogP contribution in [0.5, 0.6) is 5.75 Å². The molecule has 1 aromatic heterocycles. The van der Waals surface area contributed by atoms with Gasteiger partial charge in [-0.1, -0.05) is 30.9 Å². The first kappa shape index (κ1) is 18.9. The lowest BCUT2D eigenvalue weighted by atomic mass is 10.0. The van der Waals surface area contributed by atoms with Gasteiger partial charge < -0.3 is 10.1 Å². The number of carbonyl (C=O) groups is 1. The van der Waals surface area contributed by atoms with Gasteiger partial charge in [0.05, 0.1) is 23.4 Å². The van der Waals surface area contributed by atoms with Crippen molar-refractivity contribution in [1.29, 1.82) is 0 Å². The maximum atomic E-state index is 11.2. The van der Waals surface area contributed by atoms with Crippen LogP contribution in [0.2, 0.25) is 0 Å². The summed E-state index contributed by atoms with van der Waals surface area (Å²) in [7, 11) is 1.65. The van der Waals surface area contributed by atoms with E-state index in [0.29, 0.717) is 6.42 Å². The number of aromatic nitrogens is 1. The monoisotopic (exact) mass is 378 g/mol. The van der Waals surface area contributed by atoms with Gasteiger partial charge in [0.1, 0.15) is 10.8 Å². The van der Waals surface area contributed by atoms with Crippen LogP contribution in [0, 0.1) is 11.8 Å². The van der Waals surface area contributed by atoms with Gasteiger partial charge in [0.15, 0.2) is 0 Å². The van der Waals surface area contributed by atoms with Crippen LogP contribution in [-0.4, -0.2) is 18.5 Å². The molecule has 1 heterocycles. The Hall–Kier alpha value is -2.84. The second kappa shape index (κ2) is 9.20. The molecule has 0 saturated heterocycles. The highest BCUT2D eigenvalue weighted by Gasteiger charge is 2.17. The van der Waals surface area contributed by atoms with E-state index in [9.17, 15) is 4.79 Å². The third-order valence-corrected chi connectivity index (χ3v) is 5.29. The number of thiazole rings is 1. The molecule has 27 heavy (non-hydrogen) atoms. The summed E-state index contributed by atoms with van der Waals surface area (Å²) >= 11 is 1.57. The molecule has 1 N–H and O–H groups in total. The first-order chi connectivity index (χ1) is 13.2. The zero-order valence-corrected chi connectivity index (χ0v) is 16.3. The molecule has 0 spiro atoms. The summed E-state index contributed by atoms with van der Waals surface area (Å²) < 4.78 is 6.33. The smallest absolute Gasteiger partial charge is 0.207 e. The fraction of sp³-hybridized carbons (Fsp3) is 0.273. The number of nitrogens with one attached hydrogen (secondary N) is 1. The predicted octanol–water partition coefficient (Wildman–Crippen LogP) is 4.49. The third-order valence-electron chi connectivity index (χ3n) is 4.15. The number of amides is 1. The lowest BCUT2D eigenvalue weighted by Gasteiger charge is -2.13. The van der Waals surface area contributed by atoms with Crippen LogP contribution >= 0.6 is 11.3 Å². The summed E-state index contributed by atoms with van der Waals surface area (Å²) in [6, 6.07) is 13.8. The molecule has 1 atom stereocenters. The third kappa shape index (κ3) is 4.87.